The van der Waals surface area contributed by atoms with Crippen molar-refractivity contribution < 1.29 is 27.1 Å². The van der Waals surface area contributed by atoms with Gasteiger partial charge in [0.05, 0.1) is 23.4 Å². The van der Waals surface area contributed by atoms with Crippen LogP contribution in [0.3, 0.4) is 0 Å². The summed E-state index contributed by atoms with van der Waals surface area (Å²) >= 11 is 0. The van der Waals surface area contributed by atoms with Crippen LogP contribution >= 0.6 is 0 Å². The highest BCUT2D eigenvalue weighted by atomic mass is 32.2. The smallest absolute Gasteiger partial charge is 0.341 e. The topological polar surface area (TPSA) is 139 Å². The molecule has 0 aliphatic carbocycles. The Bertz CT molecular complexity index is 1300. The van der Waals surface area contributed by atoms with Gasteiger partial charge < -0.3 is 8.92 Å². The first-order chi connectivity index (χ1) is 15.5. The number of hydrogen-bond acceptors (Lipinski definition) is 9. The Labute approximate surface area is 190 Å². The van der Waals surface area contributed by atoms with Crippen LogP contribution in [0.4, 0.5) is 5.69 Å². The number of nitro groups is 1. The maximum atomic E-state index is 12.8. The average molecular weight is 471 g/mol. The lowest BCUT2D eigenvalue weighted by atomic mass is 9.98. The quantitative estimate of drug-likeness (QED) is 0.216. The second-order valence-corrected chi connectivity index (χ2v) is 8.96. The number of rotatable bonds is 7. The van der Waals surface area contributed by atoms with Crippen LogP contribution in [0.25, 0.3) is 11.3 Å². The van der Waals surface area contributed by atoms with Gasteiger partial charge in [-0.25, -0.2) is 4.79 Å². The number of non-ortho nitro benzene ring substituents is 1. The molecule has 3 aromatic rings. The summed E-state index contributed by atoms with van der Waals surface area (Å²) in [5.41, 5.74) is 1.29. The molecule has 10 nitrogen and oxygen atoms in total. The van der Waals surface area contributed by atoms with E-state index in [1.54, 1.807) is 26.0 Å². The number of aromatic nitrogens is 2. The summed E-state index contributed by atoms with van der Waals surface area (Å²) in [6.45, 7) is 5.33. The van der Waals surface area contributed by atoms with E-state index in [2.05, 4.69) is 9.97 Å². The van der Waals surface area contributed by atoms with Crippen molar-refractivity contribution in [3.8, 4) is 17.3 Å². The molecule has 0 fully saturated rings. The Balaban J connectivity index is 2.19. The predicted octanol–water partition coefficient (Wildman–Crippen LogP) is 4.04. The minimum atomic E-state index is -4.26. The van der Waals surface area contributed by atoms with E-state index in [4.69, 9.17) is 8.92 Å². The number of carbonyl (C=O) groups is 1. The SMILES string of the molecule is COC(=O)c1c(-c2ccc([N+](=O)[O-])cc2)nc(OS(=O)(=O)c2ccc(C)cc2)nc1C(C)C. The fraction of sp³-hybridized carbons (Fsp3) is 0.227. The third-order valence-corrected chi connectivity index (χ3v) is 5.92. The van der Waals surface area contributed by atoms with Crippen molar-refractivity contribution >= 4 is 21.8 Å². The number of nitrogens with zero attached hydrogens (tertiary/aromatic N) is 3. The van der Waals surface area contributed by atoms with Crippen molar-refractivity contribution in [3.63, 3.8) is 0 Å². The second-order valence-electron chi connectivity index (χ2n) is 7.42. The van der Waals surface area contributed by atoms with Crippen LogP contribution < -0.4 is 4.18 Å². The molecule has 0 atom stereocenters. The first kappa shape index (κ1) is 23.8. The van der Waals surface area contributed by atoms with Crippen LogP contribution in [0.5, 0.6) is 6.01 Å². The summed E-state index contributed by atoms with van der Waals surface area (Å²) < 4.78 is 35.6. The molecule has 2 aromatic carbocycles. The highest BCUT2D eigenvalue weighted by Crippen LogP contribution is 2.32. The van der Waals surface area contributed by atoms with Gasteiger partial charge >= 0.3 is 22.1 Å². The van der Waals surface area contributed by atoms with Crippen LogP contribution in [0.2, 0.25) is 0 Å². The Morgan fingerprint density at radius 2 is 1.64 bits per heavy atom. The van der Waals surface area contributed by atoms with Gasteiger partial charge in [-0.3, -0.25) is 10.1 Å². The number of carbonyl (C=O) groups excluding carboxylic acids is 1. The van der Waals surface area contributed by atoms with Gasteiger partial charge in [-0.1, -0.05) is 31.5 Å². The molecule has 0 spiro atoms. The zero-order valence-electron chi connectivity index (χ0n) is 18.3. The number of benzene rings is 2. The molecule has 0 bridgehead atoms. The minimum absolute atomic E-state index is 0.0152. The maximum Gasteiger partial charge on any atom is 0.341 e. The molecule has 1 aromatic heterocycles. The molecule has 3 rings (SSSR count). The van der Waals surface area contributed by atoms with Crippen LogP contribution in [-0.2, 0) is 14.9 Å². The number of hydrogen-bond donors (Lipinski definition) is 0. The highest BCUT2D eigenvalue weighted by Gasteiger charge is 2.27. The molecule has 0 radical (unpaired) electrons. The zero-order chi connectivity index (χ0) is 24.3. The van der Waals surface area contributed by atoms with Gasteiger partial charge in [0.1, 0.15) is 10.5 Å². The monoisotopic (exact) mass is 471 g/mol. The molecule has 172 valence electrons. The van der Waals surface area contributed by atoms with Crippen molar-refractivity contribution in [2.45, 2.75) is 31.6 Å². The third-order valence-electron chi connectivity index (χ3n) is 4.70. The van der Waals surface area contributed by atoms with Gasteiger partial charge in [0.15, 0.2) is 0 Å². The van der Waals surface area contributed by atoms with Crippen molar-refractivity contribution in [2.24, 2.45) is 0 Å². The van der Waals surface area contributed by atoms with Crippen LogP contribution in [0, 0.1) is 17.0 Å². The van der Waals surface area contributed by atoms with Gasteiger partial charge in [0.25, 0.3) is 5.69 Å². The standard InChI is InChI=1S/C22H21N3O7S/c1-13(2)19-18(21(26)31-4)20(15-7-9-16(10-8-15)25(27)28)24-22(23-19)32-33(29,30)17-11-5-14(3)6-12-17/h5-13H,1-4H3. The summed E-state index contributed by atoms with van der Waals surface area (Å²) in [5.74, 6) is -1.07. The molecule has 0 saturated heterocycles. The second kappa shape index (κ2) is 9.33. The van der Waals surface area contributed by atoms with Gasteiger partial charge in [-0.15, -0.1) is 0 Å². The molecule has 0 N–H and O–H groups in total. The van der Waals surface area contributed by atoms with E-state index in [-0.39, 0.29) is 33.5 Å². The lowest BCUT2D eigenvalue weighted by Crippen LogP contribution is -2.17. The summed E-state index contributed by atoms with van der Waals surface area (Å²) in [5, 5.41) is 11.0. The lowest BCUT2D eigenvalue weighted by Gasteiger charge is -2.16. The first-order valence-electron chi connectivity index (χ1n) is 9.79. The average Bonchev–Trinajstić information content (AvgIpc) is 2.78. The number of aryl methyl sites for hydroxylation is 1. The van der Waals surface area contributed by atoms with E-state index in [0.29, 0.717) is 5.56 Å². The lowest BCUT2D eigenvalue weighted by molar-refractivity contribution is -0.384. The largest absolute Gasteiger partial charge is 0.465 e. The highest BCUT2D eigenvalue weighted by molar-refractivity contribution is 7.87. The Morgan fingerprint density at radius 3 is 2.15 bits per heavy atom. The Hall–Kier alpha value is -3.86. The number of ether oxygens (including phenoxy) is 1. The Morgan fingerprint density at radius 1 is 1.03 bits per heavy atom. The van der Waals surface area contributed by atoms with Gasteiger partial charge in [-0.2, -0.15) is 18.4 Å². The number of nitro benzene ring substituents is 1. The molecule has 0 aliphatic rings. The van der Waals surface area contributed by atoms with E-state index < -0.39 is 27.0 Å². The summed E-state index contributed by atoms with van der Waals surface area (Å²) in [4.78, 5) is 31.3. The summed E-state index contributed by atoms with van der Waals surface area (Å²) in [7, 11) is -3.07. The molecule has 33 heavy (non-hydrogen) atoms. The van der Waals surface area contributed by atoms with Gasteiger partial charge in [0, 0.05) is 17.7 Å². The van der Waals surface area contributed by atoms with E-state index in [1.807, 2.05) is 6.92 Å². The molecular weight excluding hydrogens is 450 g/mol. The Kier molecular flexibility index (Phi) is 6.73. The molecule has 0 aliphatic heterocycles. The van der Waals surface area contributed by atoms with E-state index >= 15 is 0 Å². The van der Waals surface area contributed by atoms with Crippen molar-refractivity contribution in [1.82, 2.24) is 9.97 Å². The van der Waals surface area contributed by atoms with Gasteiger partial charge in [-0.05, 0) is 37.1 Å². The normalized spacial score (nSPS) is 11.3. The van der Waals surface area contributed by atoms with Crippen molar-refractivity contribution in [3.05, 3.63) is 75.5 Å². The molecule has 0 unspecified atom stereocenters. The number of methoxy groups -OCH3 is 1. The molecule has 0 saturated carbocycles. The van der Waals surface area contributed by atoms with E-state index in [1.165, 1.54) is 43.5 Å². The van der Waals surface area contributed by atoms with Crippen molar-refractivity contribution in [1.29, 1.82) is 0 Å². The molecule has 0 amide bonds. The molecular formula is C22H21N3O7S. The van der Waals surface area contributed by atoms with E-state index in [0.717, 1.165) is 5.56 Å². The first-order valence-corrected chi connectivity index (χ1v) is 11.2. The molecule has 11 heteroatoms. The fourth-order valence-corrected chi connectivity index (χ4v) is 3.85. The third kappa shape index (κ3) is 5.14. The van der Waals surface area contributed by atoms with Crippen LogP contribution in [0.15, 0.2) is 53.4 Å². The van der Waals surface area contributed by atoms with E-state index in [9.17, 15) is 23.3 Å². The predicted molar refractivity (Wildman–Crippen MR) is 119 cm³/mol. The summed E-state index contributed by atoms with van der Waals surface area (Å²) in [6, 6.07) is 10.8. The maximum absolute atomic E-state index is 12.8. The minimum Gasteiger partial charge on any atom is -0.465 e. The number of esters is 1. The zero-order valence-corrected chi connectivity index (χ0v) is 19.1. The van der Waals surface area contributed by atoms with Gasteiger partial charge in [0.2, 0.25) is 0 Å². The molecule has 1 heterocycles. The van der Waals surface area contributed by atoms with Crippen LogP contribution in [-0.4, -0.2) is 36.4 Å². The summed E-state index contributed by atoms with van der Waals surface area (Å²) in [6.07, 6.45) is 0. The van der Waals surface area contributed by atoms with Crippen molar-refractivity contribution in [2.75, 3.05) is 7.11 Å². The van der Waals surface area contributed by atoms with Crippen LogP contribution in [0.1, 0.15) is 41.4 Å². The fourth-order valence-electron chi connectivity index (χ4n) is 3.02.